The molecule has 2 aromatic carbocycles. The Morgan fingerprint density at radius 3 is 2.24 bits per heavy atom. The molecular formula is C26H29F3N6O2. The van der Waals surface area contributed by atoms with Crippen LogP contribution in [0.25, 0.3) is 0 Å². The molecule has 0 radical (unpaired) electrons. The number of nitrogens with one attached hydrogen (secondary N) is 3. The number of nitrogens with zero attached hydrogens (tertiary/aromatic N) is 3. The van der Waals surface area contributed by atoms with E-state index < -0.39 is 17.6 Å². The molecule has 0 bridgehead atoms. The highest BCUT2D eigenvalue weighted by Gasteiger charge is 2.36. The molecule has 1 unspecified atom stereocenters. The molecule has 0 aliphatic heterocycles. The number of alkyl halides is 3. The largest absolute Gasteiger partial charge is 0.421 e. The molecule has 3 rings (SSSR count). The Morgan fingerprint density at radius 2 is 1.65 bits per heavy atom. The van der Waals surface area contributed by atoms with Gasteiger partial charge < -0.3 is 10.6 Å². The van der Waals surface area contributed by atoms with E-state index in [0.717, 1.165) is 12.0 Å². The standard InChI is InChI=1S/C26H29F3N6O2/c1-3-19(20-10-6-4-7-11-20)16-23(37)34-35(21-12-8-5-9-13-21)25-32-17-22(26(27,28)29)24(33-25)31-15-14-30-18(2)36/h4-13,17,19H,3,14-16H2,1-2H3,(H,30,36)(H,34,37)(H,31,32,33). The lowest BCUT2D eigenvalue weighted by molar-refractivity contribution is -0.137. The lowest BCUT2D eigenvalue weighted by atomic mass is 9.93. The molecule has 2 amide bonds. The van der Waals surface area contributed by atoms with E-state index in [0.29, 0.717) is 11.9 Å². The highest BCUT2D eigenvalue weighted by atomic mass is 19.4. The van der Waals surface area contributed by atoms with E-state index in [1.54, 1.807) is 30.3 Å². The van der Waals surface area contributed by atoms with Crippen molar-refractivity contribution < 1.29 is 22.8 Å². The fourth-order valence-corrected chi connectivity index (χ4v) is 3.67. The molecule has 1 heterocycles. The van der Waals surface area contributed by atoms with Gasteiger partial charge in [-0.25, -0.2) is 9.99 Å². The van der Waals surface area contributed by atoms with Crippen LogP contribution in [0.3, 0.4) is 0 Å². The summed E-state index contributed by atoms with van der Waals surface area (Å²) >= 11 is 0. The second-order valence-corrected chi connectivity index (χ2v) is 8.27. The van der Waals surface area contributed by atoms with Gasteiger partial charge in [-0.3, -0.25) is 15.0 Å². The molecule has 0 fully saturated rings. The van der Waals surface area contributed by atoms with Crippen molar-refractivity contribution in [2.24, 2.45) is 0 Å². The van der Waals surface area contributed by atoms with Crippen LogP contribution in [-0.4, -0.2) is 34.9 Å². The number of hydrazine groups is 1. The Labute approximate surface area is 213 Å². The summed E-state index contributed by atoms with van der Waals surface area (Å²) in [5.41, 5.74) is 3.18. The number of rotatable bonds is 11. The lowest BCUT2D eigenvalue weighted by Gasteiger charge is -2.25. The minimum atomic E-state index is -4.71. The van der Waals surface area contributed by atoms with E-state index in [1.165, 1.54) is 11.9 Å². The average Bonchev–Trinajstić information content (AvgIpc) is 2.88. The van der Waals surface area contributed by atoms with E-state index in [4.69, 9.17) is 0 Å². The van der Waals surface area contributed by atoms with Crippen LogP contribution < -0.4 is 21.1 Å². The van der Waals surface area contributed by atoms with Gasteiger partial charge in [0.05, 0.1) is 5.69 Å². The zero-order valence-electron chi connectivity index (χ0n) is 20.5. The summed E-state index contributed by atoms with van der Waals surface area (Å²) in [6.07, 6.45) is -3.15. The normalized spacial score (nSPS) is 11.9. The maximum Gasteiger partial charge on any atom is 0.421 e. The van der Waals surface area contributed by atoms with Crippen LogP contribution in [-0.2, 0) is 15.8 Å². The minimum Gasteiger partial charge on any atom is -0.368 e. The number of anilines is 3. The van der Waals surface area contributed by atoms with Gasteiger partial charge in [-0.15, -0.1) is 0 Å². The topological polar surface area (TPSA) is 99.3 Å². The molecule has 37 heavy (non-hydrogen) atoms. The molecule has 0 aliphatic carbocycles. The van der Waals surface area contributed by atoms with Crippen molar-refractivity contribution in [3.63, 3.8) is 0 Å². The third kappa shape index (κ3) is 7.92. The number of benzene rings is 2. The van der Waals surface area contributed by atoms with Crippen molar-refractivity contribution in [3.8, 4) is 0 Å². The first-order chi connectivity index (χ1) is 17.7. The molecule has 1 aromatic heterocycles. The number of para-hydroxylation sites is 1. The Hall–Kier alpha value is -4.15. The molecule has 8 nitrogen and oxygen atoms in total. The average molecular weight is 515 g/mol. The number of carbonyl (C=O) groups excluding carboxylic acids is 2. The van der Waals surface area contributed by atoms with Gasteiger partial charge in [0.1, 0.15) is 11.4 Å². The molecule has 0 saturated heterocycles. The van der Waals surface area contributed by atoms with Crippen LogP contribution in [0.15, 0.2) is 66.9 Å². The summed E-state index contributed by atoms with van der Waals surface area (Å²) in [5.74, 6) is -1.31. The highest BCUT2D eigenvalue weighted by Crippen LogP contribution is 2.35. The number of amides is 2. The van der Waals surface area contributed by atoms with Crippen LogP contribution in [0.2, 0.25) is 0 Å². The van der Waals surface area contributed by atoms with E-state index in [1.807, 2.05) is 37.3 Å². The van der Waals surface area contributed by atoms with Crippen molar-refractivity contribution in [2.45, 2.75) is 38.8 Å². The molecule has 0 aliphatic rings. The van der Waals surface area contributed by atoms with Gasteiger partial charge in [0.15, 0.2) is 0 Å². The summed E-state index contributed by atoms with van der Waals surface area (Å²) in [6, 6.07) is 18.2. The van der Waals surface area contributed by atoms with Crippen LogP contribution in [0.5, 0.6) is 0 Å². The van der Waals surface area contributed by atoms with Gasteiger partial charge in [0, 0.05) is 32.6 Å². The smallest absolute Gasteiger partial charge is 0.368 e. The SMILES string of the molecule is CCC(CC(=O)NN(c1ccccc1)c1ncc(C(F)(F)F)c(NCCNC(C)=O)n1)c1ccccc1. The summed E-state index contributed by atoms with van der Waals surface area (Å²) in [5, 5.41) is 6.38. The minimum absolute atomic E-state index is 0.00602. The first-order valence-corrected chi connectivity index (χ1v) is 11.8. The van der Waals surface area contributed by atoms with E-state index in [-0.39, 0.29) is 43.2 Å². The molecule has 3 aromatic rings. The summed E-state index contributed by atoms with van der Waals surface area (Å²) in [7, 11) is 0. The van der Waals surface area contributed by atoms with Crippen molar-refractivity contribution in [1.82, 2.24) is 20.7 Å². The monoisotopic (exact) mass is 514 g/mol. The Balaban J connectivity index is 1.89. The molecule has 0 spiro atoms. The Kier molecular flexibility index (Phi) is 9.42. The quantitative estimate of drug-likeness (QED) is 0.251. The summed E-state index contributed by atoms with van der Waals surface area (Å²) in [6.45, 7) is 3.40. The summed E-state index contributed by atoms with van der Waals surface area (Å²) in [4.78, 5) is 32.2. The number of aromatic nitrogens is 2. The van der Waals surface area contributed by atoms with Crippen molar-refractivity contribution >= 4 is 29.3 Å². The lowest BCUT2D eigenvalue weighted by Crippen LogP contribution is -2.40. The molecule has 196 valence electrons. The number of hydrogen-bond donors (Lipinski definition) is 3. The molecular weight excluding hydrogens is 485 g/mol. The number of carbonyl (C=O) groups is 2. The van der Waals surface area contributed by atoms with Gasteiger partial charge in [0.25, 0.3) is 5.95 Å². The molecule has 1 atom stereocenters. The van der Waals surface area contributed by atoms with E-state index in [2.05, 4.69) is 26.0 Å². The third-order valence-corrected chi connectivity index (χ3v) is 5.52. The van der Waals surface area contributed by atoms with Gasteiger partial charge in [0.2, 0.25) is 11.8 Å². The van der Waals surface area contributed by atoms with Gasteiger partial charge in [-0.1, -0.05) is 55.5 Å². The van der Waals surface area contributed by atoms with Crippen molar-refractivity contribution in [3.05, 3.63) is 78.0 Å². The van der Waals surface area contributed by atoms with Crippen LogP contribution >= 0.6 is 0 Å². The zero-order chi connectivity index (χ0) is 26.8. The van der Waals surface area contributed by atoms with Crippen molar-refractivity contribution in [2.75, 3.05) is 23.4 Å². The predicted molar refractivity (Wildman–Crippen MR) is 135 cm³/mol. The van der Waals surface area contributed by atoms with Crippen LogP contribution in [0, 0.1) is 0 Å². The van der Waals surface area contributed by atoms with Crippen LogP contribution in [0.4, 0.5) is 30.6 Å². The summed E-state index contributed by atoms with van der Waals surface area (Å²) < 4.78 is 40.9. The Bertz CT molecular complexity index is 1180. The van der Waals surface area contributed by atoms with Gasteiger partial charge in [-0.05, 0) is 30.0 Å². The predicted octanol–water partition coefficient (Wildman–Crippen LogP) is 4.80. The van der Waals surface area contributed by atoms with Gasteiger partial charge in [-0.2, -0.15) is 18.2 Å². The second kappa shape index (κ2) is 12.7. The first-order valence-electron chi connectivity index (χ1n) is 11.8. The highest BCUT2D eigenvalue weighted by molar-refractivity contribution is 5.80. The molecule has 11 heteroatoms. The first kappa shape index (κ1) is 27.4. The maximum atomic E-state index is 13.6. The van der Waals surface area contributed by atoms with Gasteiger partial charge >= 0.3 is 6.18 Å². The fourth-order valence-electron chi connectivity index (χ4n) is 3.67. The number of hydrogen-bond acceptors (Lipinski definition) is 6. The van der Waals surface area contributed by atoms with Crippen LogP contribution in [0.1, 0.15) is 43.7 Å². The molecule has 0 saturated carbocycles. The van der Waals surface area contributed by atoms with Crippen molar-refractivity contribution in [1.29, 1.82) is 0 Å². The van der Waals surface area contributed by atoms with E-state index >= 15 is 0 Å². The zero-order valence-corrected chi connectivity index (χ0v) is 20.5. The second-order valence-electron chi connectivity index (χ2n) is 8.27. The number of halogens is 3. The third-order valence-electron chi connectivity index (χ3n) is 5.52. The van der Waals surface area contributed by atoms with E-state index in [9.17, 15) is 22.8 Å². The molecule has 3 N–H and O–H groups in total. The maximum absolute atomic E-state index is 13.6. The fraction of sp³-hybridized carbons (Fsp3) is 0.308. The Morgan fingerprint density at radius 1 is 1.00 bits per heavy atom.